The molecule has 6 rings (SSSR count). The number of nitrogens with two attached hydrogens (primary N) is 1. The summed E-state index contributed by atoms with van der Waals surface area (Å²) in [6, 6.07) is -0.748. The zero-order valence-corrected chi connectivity index (χ0v) is 22.5. The number of likely N-dealkylation sites (N-methyl/N-ethyl adjacent to an activating group) is 1. The molecule has 1 fully saturated rings. The Kier molecular flexibility index (Phi) is 6.14. The van der Waals surface area contributed by atoms with Crippen molar-refractivity contribution < 1.29 is 39.2 Å². The van der Waals surface area contributed by atoms with E-state index in [0.29, 0.717) is 36.7 Å². The van der Waals surface area contributed by atoms with E-state index in [0.717, 1.165) is 25.7 Å². The van der Waals surface area contributed by atoms with Crippen LogP contribution in [0.1, 0.15) is 59.2 Å². The van der Waals surface area contributed by atoms with E-state index in [9.17, 15) is 34.8 Å². The van der Waals surface area contributed by atoms with Crippen LogP contribution in [0.15, 0.2) is 22.7 Å². The van der Waals surface area contributed by atoms with Crippen LogP contribution >= 0.6 is 0 Å². The van der Waals surface area contributed by atoms with Gasteiger partial charge in [0.2, 0.25) is 5.78 Å². The summed E-state index contributed by atoms with van der Waals surface area (Å²) in [7, 11) is 3.12. The Morgan fingerprint density at radius 2 is 1.77 bits per heavy atom. The molecule has 214 valence electrons. The number of aromatic hydroxyl groups is 1. The molecule has 1 amide bonds. The maximum Gasteiger partial charge on any atom is 0.255 e. The third kappa shape index (κ3) is 3.47. The van der Waals surface area contributed by atoms with E-state index in [-0.39, 0.29) is 35.3 Å². The molecule has 0 unspecified atom stereocenters. The SMILES string of the molecule is CN(C)[C@@H]1C(O)=C(C(N)=O)C(=O)[C@@]2(O)C(O)=C3C(=O)c4c(O)c5c(c(F)c4C[C@H]3C[C@@H]12)CCN(C1CCCC1)C5. The molecule has 1 aliphatic heterocycles. The van der Waals surface area contributed by atoms with Crippen LogP contribution in [0.2, 0.25) is 0 Å². The predicted molar refractivity (Wildman–Crippen MR) is 140 cm³/mol. The van der Waals surface area contributed by atoms with Crippen LogP contribution in [-0.4, -0.2) is 86.0 Å². The van der Waals surface area contributed by atoms with E-state index in [1.54, 1.807) is 14.1 Å². The first-order chi connectivity index (χ1) is 18.9. The van der Waals surface area contributed by atoms with E-state index in [1.807, 2.05) is 0 Å². The molecule has 5 aliphatic rings. The van der Waals surface area contributed by atoms with E-state index < -0.39 is 63.9 Å². The minimum Gasteiger partial charge on any atom is -0.510 e. The second kappa shape index (κ2) is 9.12. The largest absolute Gasteiger partial charge is 0.510 e. The fraction of sp³-hybridized carbons (Fsp3) is 0.552. The van der Waals surface area contributed by atoms with Crippen LogP contribution in [0.25, 0.3) is 0 Å². The molecule has 4 aliphatic carbocycles. The van der Waals surface area contributed by atoms with Crippen LogP contribution in [0.5, 0.6) is 5.75 Å². The molecule has 0 bridgehead atoms. The summed E-state index contributed by atoms with van der Waals surface area (Å²) >= 11 is 0. The quantitative estimate of drug-likeness (QED) is 0.348. The monoisotopic (exact) mass is 555 g/mol. The summed E-state index contributed by atoms with van der Waals surface area (Å²) in [5.41, 5.74) is 2.07. The smallest absolute Gasteiger partial charge is 0.255 e. The highest BCUT2D eigenvalue weighted by molar-refractivity contribution is 6.24. The summed E-state index contributed by atoms with van der Waals surface area (Å²) in [5, 5.41) is 45.4. The molecule has 0 spiro atoms. The minimum atomic E-state index is -2.72. The molecule has 11 heteroatoms. The van der Waals surface area contributed by atoms with Gasteiger partial charge in [-0.05, 0) is 57.7 Å². The van der Waals surface area contributed by atoms with Crippen molar-refractivity contribution in [2.75, 3.05) is 20.6 Å². The van der Waals surface area contributed by atoms with Gasteiger partial charge in [-0.2, -0.15) is 0 Å². The van der Waals surface area contributed by atoms with Gasteiger partial charge in [0.15, 0.2) is 11.4 Å². The van der Waals surface area contributed by atoms with Crippen LogP contribution in [0.4, 0.5) is 4.39 Å². The molecule has 1 heterocycles. The molecular weight excluding hydrogens is 521 g/mol. The van der Waals surface area contributed by atoms with Gasteiger partial charge in [0.1, 0.15) is 28.7 Å². The van der Waals surface area contributed by atoms with E-state index in [1.165, 1.54) is 4.90 Å². The fourth-order valence-electron chi connectivity index (χ4n) is 8.00. The highest BCUT2D eigenvalue weighted by atomic mass is 19.1. The summed E-state index contributed by atoms with van der Waals surface area (Å²) < 4.78 is 16.1. The van der Waals surface area contributed by atoms with Crippen molar-refractivity contribution in [3.63, 3.8) is 0 Å². The molecule has 1 aromatic rings. The Hall–Kier alpha value is -3.28. The number of nitrogens with zero attached hydrogens (tertiary/aromatic N) is 2. The molecule has 4 atom stereocenters. The maximum atomic E-state index is 16.1. The van der Waals surface area contributed by atoms with Gasteiger partial charge in [-0.3, -0.25) is 24.2 Å². The van der Waals surface area contributed by atoms with Crippen LogP contribution < -0.4 is 5.73 Å². The van der Waals surface area contributed by atoms with Crippen molar-refractivity contribution in [2.45, 2.75) is 69.2 Å². The highest BCUT2D eigenvalue weighted by Gasteiger charge is 2.63. The Balaban J connectivity index is 1.48. The Morgan fingerprint density at radius 3 is 2.40 bits per heavy atom. The Morgan fingerprint density at radius 1 is 1.10 bits per heavy atom. The number of benzene rings is 1. The lowest BCUT2D eigenvalue weighted by Crippen LogP contribution is -2.63. The molecule has 1 aromatic carbocycles. The number of carbonyl (C=O) groups is 3. The zero-order valence-electron chi connectivity index (χ0n) is 22.5. The normalized spacial score (nSPS) is 30.9. The summed E-state index contributed by atoms with van der Waals surface area (Å²) in [6.07, 6.45) is 4.58. The molecule has 6 N–H and O–H groups in total. The number of amides is 1. The van der Waals surface area contributed by atoms with E-state index in [4.69, 9.17) is 5.73 Å². The van der Waals surface area contributed by atoms with Crippen molar-refractivity contribution in [1.82, 2.24) is 9.80 Å². The van der Waals surface area contributed by atoms with Crippen LogP contribution in [0, 0.1) is 17.7 Å². The van der Waals surface area contributed by atoms with Crippen molar-refractivity contribution in [3.8, 4) is 5.75 Å². The molecule has 10 nitrogen and oxygen atoms in total. The minimum absolute atomic E-state index is 0.0481. The molecule has 0 aromatic heterocycles. The number of rotatable bonds is 3. The van der Waals surface area contributed by atoms with Gasteiger partial charge in [0, 0.05) is 41.7 Å². The lowest BCUT2D eigenvalue weighted by atomic mass is 9.58. The lowest BCUT2D eigenvalue weighted by Gasteiger charge is -2.50. The number of hydrogen-bond acceptors (Lipinski definition) is 9. The predicted octanol–water partition coefficient (Wildman–Crippen LogP) is 1.56. The van der Waals surface area contributed by atoms with Gasteiger partial charge in [0.25, 0.3) is 5.91 Å². The summed E-state index contributed by atoms with van der Waals surface area (Å²) in [6.45, 7) is 0.963. The van der Waals surface area contributed by atoms with Crippen molar-refractivity contribution in [3.05, 3.63) is 50.7 Å². The fourth-order valence-corrected chi connectivity index (χ4v) is 8.00. The standard InChI is InChI=1S/C29H34FN3O7/c1-32(2)22-17-10-12-9-15-19(23(34)16-11-33(13-5-3-4-6-13)8-7-14(16)21(15)30)24(35)18(12)26(37)29(17,40)27(38)20(25(22)36)28(31)39/h12-13,17,22,34,36-37,40H,3-11H2,1-2H3,(H2,31,39)/t12-,17-,22-,29-/m0/s1. The number of phenolic OH excluding ortho intramolecular Hbond substituents is 1. The number of hydrogen-bond donors (Lipinski definition) is 5. The van der Waals surface area contributed by atoms with Gasteiger partial charge in [-0.25, -0.2) is 4.39 Å². The van der Waals surface area contributed by atoms with E-state index in [2.05, 4.69) is 4.90 Å². The number of allylic oxidation sites excluding steroid dienone is 1. The number of ketones is 2. The average Bonchev–Trinajstić information content (AvgIpc) is 3.44. The first-order valence-electron chi connectivity index (χ1n) is 13.8. The molecular formula is C29H34FN3O7. The van der Waals surface area contributed by atoms with Crippen molar-refractivity contribution in [2.24, 2.45) is 17.6 Å². The average molecular weight is 556 g/mol. The maximum absolute atomic E-state index is 16.1. The molecule has 1 saturated carbocycles. The molecule has 40 heavy (non-hydrogen) atoms. The van der Waals surface area contributed by atoms with Gasteiger partial charge < -0.3 is 26.2 Å². The number of aliphatic hydroxyl groups is 3. The third-order valence-electron chi connectivity index (χ3n) is 9.88. The second-order valence-corrected chi connectivity index (χ2v) is 12.1. The summed E-state index contributed by atoms with van der Waals surface area (Å²) in [4.78, 5) is 43.2. The number of phenols is 1. The lowest BCUT2D eigenvalue weighted by molar-refractivity contribution is -0.148. The number of Topliss-reactive ketones (excluding diaryl/α,β-unsaturated/α-hetero) is 2. The Bertz CT molecular complexity index is 1430. The van der Waals surface area contributed by atoms with Crippen molar-refractivity contribution in [1.29, 1.82) is 0 Å². The number of halogens is 1. The first kappa shape index (κ1) is 26.9. The van der Waals surface area contributed by atoms with Gasteiger partial charge in [-0.15, -0.1) is 0 Å². The first-order valence-corrected chi connectivity index (χ1v) is 13.8. The third-order valence-corrected chi connectivity index (χ3v) is 9.88. The second-order valence-electron chi connectivity index (χ2n) is 12.1. The number of primary amides is 1. The molecule has 0 radical (unpaired) electrons. The van der Waals surface area contributed by atoms with Gasteiger partial charge in [-0.1, -0.05) is 12.8 Å². The highest BCUT2D eigenvalue weighted by Crippen LogP contribution is 2.53. The number of fused-ring (bicyclic) bond motifs is 4. The van der Waals surface area contributed by atoms with Crippen LogP contribution in [0.3, 0.4) is 0 Å². The number of aliphatic hydroxyl groups excluding tert-OH is 2. The Labute approximate surface area is 230 Å². The van der Waals surface area contributed by atoms with Crippen LogP contribution in [-0.2, 0) is 29.0 Å². The van der Waals surface area contributed by atoms with Gasteiger partial charge in [0.05, 0.1) is 11.6 Å². The summed E-state index contributed by atoms with van der Waals surface area (Å²) in [5.74, 6) is -7.83. The topological polar surface area (TPSA) is 165 Å². The van der Waals surface area contributed by atoms with E-state index >= 15 is 4.39 Å². The number of carbonyl (C=O) groups excluding carboxylic acids is 3. The van der Waals surface area contributed by atoms with Gasteiger partial charge >= 0.3 is 0 Å². The van der Waals surface area contributed by atoms with Crippen molar-refractivity contribution >= 4 is 17.5 Å². The zero-order chi connectivity index (χ0) is 28.8. The molecule has 0 saturated heterocycles.